The average molecular weight is 337 g/mol. The summed E-state index contributed by atoms with van der Waals surface area (Å²) in [5.74, 6) is 0.765. The molecule has 0 saturated carbocycles. The lowest BCUT2D eigenvalue weighted by Gasteiger charge is -2.11. The van der Waals surface area contributed by atoms with E-state index in [-0.39, 0.29) is 6.03 Å². The van der Waals surface area contributed by atoms with Crippen LogP contribution in [0.5, 0.6) is 5.75 Å². The van der Waals surface area contributed by atoms with Gasteiger partial charge < -0.3 is 19.9 Å². The van der Waals surface area contributed by atoms with Crippen molar-refractivity contribution in [3.8, 4) is 5.75 Å². The second-order valence-corrected chi connectivity index (χ2v) is 5.90. The number of nitrogens with one attached hydrogen (secondary N) is 2. The van der Waals surface area contributed by atoms with Gasteiger partial charge in [-0.2, -0.15) is 0 Å². The molecule has 0 bridgehead atoms. The van der Waals surface area contributed by atoms with Crippen molar-refractivity contribution in [2.45, 2.75) is 26.4 Å². The number of hydrogen-bond acceptors (Lipinski definition) is 2. The molecular weight excluding hydrogens is 314 g/mol. The van der Waals surface area contributed by atoms with E-state index in [0.717, 1.165) is 35.4 Å². The molecule has 1 heterocycles. The zero-order chi connectivity index (χ0) is 17.6. The predicted octanol–water partition coefficient (Wildman–Crippen LogP) is 4.38. The van der Waals surface area contributed by atoms with E-state index in [1.165, 1.54) is 5.52 Å². The summed E-state index contributed by atoms with van der Waals surface area (Å²) in [6.07, 6.45) is 3.18. The Morgan fingerprint density at radius 3 is 2.80 bits per heavy atom. The van der Waals surface area contributed by atoms with Gasteiger partial charge in [-0.25, -0.2) is 4.79 Å². The van der Waals surface area contributed by atoms with Crippen LogP contribution in [0.25, 0.3) is 10.9 Å². The third-order valence-electron chi connectivity index (χ3n) is 4.13. The van der Waals surface area contributed by atoms with Crippen molar-refractivity contribution in [3.05, 3.63) is 60.3 Å². The molecule has 0 spiro atoms. The Kier molecular flexibility index (Phi) is 5.23. The SMILES string of the molecule is CCCn1ccc2cc(NC(=O)NCc3ccccc3OC)ccc21. The Morgan fingerprint density at radius 1 is 1.16 bits per heavy atom. The first-order valence-electron chi connectivity index (χ1n) is 8.47. The Balaban J connectivity index is 1.63. The van der Waals surface area contributed by atoms with Crippen molar-refractivity contribution >= 4 is 22.6 Å². The molecule has 0 aliphatic rings. The molecule has 0 aliphatic heterocycles. The molecule has 2 N–H and O–H groups in total. The van der Waals surface area contributed by atoms with E-state index < -0.39 is 0 Å². The van der Waals surface area contributed by atoms with Crippen LogP contribution in [0, 0.1) is 0 Å². The predicted molar refractivity (Wildman–Crippen MR) is 101 cm³/mol. The molecular formula is C20H23N3O2. The van der Waals surface area contributed by atoms with Gasteiger partial charge in [0.05, 0.1) is 7.11 Å². The Bertz CT molecular complexity index is 870. The fourth-order valence-electron chi connectivity index (χ4n) is 2.91. The summed E-state index contributed by atoms with van der Waals surface area (Å²) in [7, 11) is 1.62. The summed E-state index contributed by atoms with van der Waals surface area (Å²) in [5, 5.41) is 6.86. The second kappa shape index (κ2) is 7.75. The van der Waals surface area contributed by atoms with Crippen molar-refractivity contribution in [1.29, 1.82) is 0 Å². The van der Waals surface area contributed by atoms with Crippen molar-refractivity contribution in [3.63, 3.8) is 0 Å². The molecule has 0 unspecified atom stereocenters. The zero-order valence-corrected chi connectivity index (χ0v) is 14.6. The van der Waals surface area contributed by atoms with E-state index in [4.69, 9.17) is 4.74 Å². The Morgan fingerprint density at radius 2 is 2.00 bits per heavy atom. The van der Waals surface area contributed by atoms with E-state index in [1.807, 2.05) is 42.5 Å². The Labute approximate surface area is 147 Å². The number of fused-ring (bicyclic) bond motifs is 1. The van der Waals surface area contributed by atoms with Crippen LogP contribution < -0.4 is 15.4 Å². The maximum Gasteiger partial charge on any atom is 0.319 e. The molecule has 3 aromatic rings. The number of benzene rings is 2. The number of nitrogens with zero attached hydrogens (tertiary/aromatic N) is 1. The van der Waals surface area contributed by atoms with Gasteiger partial charge in [-0.3, -0.25) is 0 Å². The fraction of sp³-hybridized carbons (Fsp3) is 0.250. The van der Waals surface area contributed by atoms with Crippen LogP contribution in [0.3, 0.4) is 0 Å². The number of aryl methyl sites for hydroxylation is 1. The van der Waals surface area contributed by atoms with Crippen LogP contribution in [-0.4, -0.2) is 17.7 Å². The summed E-state index contributed by atoms with van der Waals surface area (Å²) in [6.45, 7) is 3.56. The third kappa shape index (κ3) is 3.94. The van der Waals surface area contributed by atoms with Crippen molar-refractivity contribution in [2.75, 3.05) is 12.4 Å². The third-order valence-corrected chi connectivity index (χ3v) is 4.13. The van der Waals surface area contributed by atoms with E-state index in [1.54, 1.807) is 7.11 Å². The highest BCUT2D eigenvalue weighted by molar-refractivity contribution is 5.92. The van der Waals surface area contributed by atoms with Gasteiger partial charge >= 0.3 is 6.03 Å². The number of aromatic nitrogens is 1. The quantitative estimate of drug-likeness (QED) is 0.701. The van der Waals surface area contributed by atoms with Gasteiger partial charge in [0.2, 0.25) is 0 Å². The molecule has 0 fully saturated rings. The minimum absolute atomic E-state index is 0.238. The molecule has 3 rings (SSSR count). The molecule has 0 atom stereocenters. The van der Waals surface area contributed by atoms with Crippen LogP contribution in [0.15, 0.2) is 54.7 Å². The average Bonchev–Trinajstić information content (AvgIpc) is 3.03. The van der Waals surface area contributed by atoms with Gasteiger partial charge in [0.25, 0.3) is 0 Å². The molecule has 130 valence electrons. The number of anilines is 1. The lowest BCUT2D eigenvalue weighted by molar-refractivity contribution is 0.251. The van der Waals surface area contributed by atoms with Crippen LogP contribution in [-0.2, 0) is 13.1 Å². The Hall–Kier alpha value is -2.95. The standard InChI is InChI=1S/C20H23N3O2/c1-3-11-23-12-10-15-13-17(8-9-18(15)23)22-20(24)21-14-16-6-4-5-7-19(16)25-2/h4-10,12-13H,3,11,14H2,1-2H3,(H2,21,22,24). The first-order valence-corrected chi connectivity index (χ1v) is 8.47. The number of carbonyl (C=O) groups excluding carboxylic acids is 1. The topological polar surface area (TPSA) is 55.3 Å². The van der Waals surface area contributed by atoms with Gasteiger partial charge in [0, 0.05) is 41.4 Å². The number of amides is 2. The summed E-state index contributed by atoms with van der Waals surface area (Å²) in [4.78, 5) is 12.2. The molecule has 2 aromatic carbocycles. The maximum atomic E-state index is 12.2. The molecule has 5 nitrogen and oxygen atoms in total. The first kappa shape index (κ1) is 16.9. The summed E-state index contributed by atoms with van der Waals surface area (Å²) in [6, 6.07) is 15.4. The number of rotatable bonds is 6. The molecule has 0 aliphatic carbocycles. The number of carbonyl (C=O) groups is 1. The molecule has 2 amide bonds. The highest BCUT2D eigenvalue weighted by atomic mass is 16.5. The van der Waals surface area contributed by atoms with E-state index in [2.05, 4.69) is 34.4 Å². The second-order valence-electron chi connectivity index (χ2n) is 5.90. The van der Waals surface area contributed by atoms with Crippen LogP contribution in [0.1, 0.15) is 18.9 Å². The van der Waals surface area contributed by atoms with E-state index in [9.17, 15) is 4.79 Å². The molecule has 0 radical (unpaired) electrons. The zero-order valence-electron chi connectivity index (χ0n) is 14.6. The van der Waals surface area contributed by atoms with Gasteiger partial charge in [0.1, 0.15) is 5.75 Å². The van der Waals surface area contributed by atoms with E-state index >= 15 is 0 Å². The van der Waals surface area contributed by atoms with E-state index in [0.29, 0.717) is 6.54 Å². The largest absolute Gasteiger partial charge is 0.496 e. The maximum absolute atomic E-state index is 12.2. The number of methoxy groups -OCH3 is 1. The lowest BCUT2D eigenvalue weighted by atomic mass is 10.2. The highest BCUT2D eigenvalue weighted by Gasteiger charge is 2.07. The van der Waals surface area contributed by atoms with Gasteiger partial charge in [-0.15, -0.1) is 0 Å². The summed E-state index contributed by atoms with van der Waals surface area (Å²) < 4.78 is 7.52. The van der Waals surface area contributed by atoms with Crippen molar-refractivity contribution in [2.24, 2.45) is 0 Å². The lowest BCUT2D eigenvalue weighted by Crippen LogP contribution is -2.28. The first-order chi connectivity index (χ1) is 12.2. The number of ether oxygens (including phenoxy) is 1. The van der Waals surface area contributed by atoms with Gasteiger partial charge in [0.15, 0.2) is 0 Å². The molecule has 5 heteroatoms. The van der Waals surface area contributed by atoms with Gasteiger partial charge in [-0.05, 0) is 36.8 Å². The molecule has 25 heavy (non-hydrogen) atoms. The number of hydrogen-bond donors (Lipinski definition) is 2. The minimum atomic E-state index is -0.238. The van der Waals surface area contributed by atoms with Crippen LogP contribution in [0.2, 0.25) is 0 Å². The van der Waals surface area contributed by atoms with Crippen molar-refractivity contribution in [1.82, 2.24) is 9.88 Å². The fourth-order valence-corrected chi connectivity index (χ4v) is 2.91. The van der Waals surface area contributed by atoms with Crippen LogP contribution in [0.4, 0.5) is 10.5 Å². The summed E-state index contributed by atoms with van der Waals surface area (Å²) in [5.41, 5.74) is 2.90. The number of para-hydroxylation sites is 1. The normalized spacial score (nSPS) is 10.6. The highest BCUT2D eigenvalue weighted by Crippen LogP contribution is 2.21. The van der Waals surface area contributed by atoms with Crippen LogP contribution >= 0.6 is 0 Å². The summed E-state index contributed by atoms with van der Waals surface area (Å²) >= 11 is 0. The molecule has 1 aromatic heterocycles. The smallest absolute Gasteiger partial charge is 0.319 e. The van der Waals surface area contributed by atoms with Gasteiger partial charge in [-0.1, -0.05) is 25.1 Å². The molecule has 0 saturated heterocycles. The monoisotopic (exact) mass is 337 g/mol. The minimum Gasteiger partial charge on any atom is -0.496 e. The number of urea groups is 1. The van der Waals surface area contributed by atoms with Crippen molar-refractivity contribution < 1.29 is 9.53 Å².